The molecule has 0 heterocycles. The van der Waals surface area contributed by atoms with Crippen LogP contribution in [0.25, 0.3) is 0 Å². The van der Waals surface area contributed by atoms with Gasteiger partial charge in [0.2, 0.25) is 0 Å². The van der Waals surface area contributed by atoms with Gasteiger partial charge in [-0.1, -0.05) is 0 Å². The summed E-state index contributed by atoms with van der Waals surface area (Å²) in [5.74, 6) is -2.20. The van der Waals surface area contributed by atoms with E-state index in [1.54, 1.807) is 0 Å². The summed E-state index contributed by atoms with van der Waals surface area (Å²) in [5, 5.41) is 31.1. The number of methoxy groups -OCH3 is 1. The summed E-state index contributed by atoms with van der Waals surface area (Å²) in [5.41, 5.74) is 0.00930. The summed E-state index contributed by atoms with van der Waals surface area (Å²) in [6.45, 7) is 0. The average molecular weight is 303 g/mol. The Morgan fingerprint density at radius 3 is 2.36 bits per heavy atom. The maximum Gasteiger partial charge on any atom is 0.337 e. The Morgan fingerprint density at radius 2 is 1.73 bits per heavy atom. The summed E-state index contributed by atoms with van der Waals surface area (Å²) >= 11 is 0. The minimum absolute atomic E-state index is 0.0420. The van der Waals surface area contributed by atoms with E-state index in [0.29, 0.717) is 0 Å². The number of amides is 1. The molecule has 7 heteroatoms. The van der Waals surface area contributed by atoms with Crippen LogP contribution in [0.5, 0.6) is 17.2 Å². The number of carbonyl (C=O) groups excluding carboxylic acids is 2. The molecule has 0 aliphatic rings. The van der Waals surface area contributed by atoms with Crippen molar-refractivity contribution in [2.24, 2.45) is 0 Å². The molecule has 0 spiro atoms. The molecule has 0 saturated carbocycles. The number of nitrogens with one attached hydrogen (secondary N) is 1. The number of esters is 1. The first-order valence-electron chi connectivity index (χ1n) is 6.17. The van der Waals surface area contributed by atoms with Gasteiger partial charge in [-0.05, 0) is 36.4 Å². The van der Waals surface area contributed by atoms with Crippen molar-refractivity contribution in [2.75, 3.05) is 12.4 Å². The van der Waals surface area contributed by atoms with Gasteiger partial charge in [0.25, 0.3) is 5.91 Å². The smallest absolute Gasteiger partial charge is 0.337 e. The highest BCUT2D eigenvalue weighted by Gasteiger charge is 2.15. The Morgan fingerprint density at radius 1 is 1.00 bits per heavy atom. The Bertz CT molecular complexity index is 741. The first-order valence-corrected chi connectivity index (χ1v) is 6.17. The largest absolute Gasteiger partial charge is 0.508 e. The molecule has 0 bridgehead atoms. The van der Waals surface area contributed by atoms with Gasteiger partial charge in [0.15, 0.2) is 0 Å². The van der Waals surface area contributed by atoms with Crippen LogP contribution in [0.2, 0.25) is 0 Å². The highest BCUT2D eigenvalue weighted by atomic mass is 16.5. The van der Waals surface area contributed by atoms with Gasteiger partial charge in [-0.3, -0.25) is 4.79 Å². The molecular formula is C15H13NO6. The summed E-state index contributed by atoms with van der Waals surface area (Å²) in [6.07, 6.45) is 0. The predicted octanol–water partition coefficient (Wildman–Crippen LogP) is 1.84. The first kappa shape index (κ1) is 15.2. The number of aromatic hydroxyl groups is 3. The van der Waals surface area contributed by atoms with Crippen LogP contribution in [0.4, 0.5) is 5.69 Å². The number of phenols is 3. The van der Waals surface area contributed by atoms with Crippen molar-refractivity contribution in [2.45, 2.75) is 0 Å². The summed E-state index contributed by atoms with van der Waals surface area (Å²) < 4.78 is 4.51. The normalized spacial score (nSPS) is 10.0. The van der Waals surface area contributed by atoms with Crippen LogP contribution < -0.4 is 5.32 Å². The van der Waals surface area contributed by atoms with Crippen molar-refractivity contribution < 1.29 is 29.6 Å². The van der Waals surface area contributed by atoms with Crippen LogP contribution in [0.3, 0.4) is 0 Å². The molecule has 4 N–H and O–H groups in total. The number of ether oxygens (including phenoxy) is 1. The van der Waals surface area contributed by atoms with E-state index >= 15 is 0 Å². The van der Waals surface area contributed by atoms with Crippen molar-refractivity contribution >= 4 is 17.6 Å². The molecule has 7 nitrogen and oxygen atoms in total. The molecule has 2 aromatic carbocycles. The van der Waals surface area contributed by atoms with E-state index in [9.17, 15) is 24.9 Å². The van der Waals surface area contributed by atoms with E-state index in [-0.39, 0.29) is 34.1 Å². The Labute approximate surface area is 125 Å². The van der Waals surface area contributed by atoms with E-state index in [4.69, 9.17) is 0 Å². The van der Waals surface area contributed by atoms with Crippen LogP contribution in [0.1, 0.15) is 20.7 Å². The zero-order valence-electron chi connectivity index (χ0n) is 11.5. The molecule has 0 unspecified atom stereocenters. The van der Waals surface area contributed by atoms with E-state index in [1.807, 2.05) is 0 Å². The summed E-state index contributed by atoms with van der Waals surface area (Å²) in [6, 6.07) is 7.32. The lowest BCUT2D eigenvalue weighted by atomic mass is 10.1. The fourth-order valence-corrected chi connectivity index (χ4v) is 1.78. The molecule has 0 fully saturated rings. The molecule has 0 saturated heterocycles. The Hall–Kier alpha value is -3.22. The second-order valence-electron chi connectivity index (χ2n) is 4.38. The van der Waals surface area contributed by atoms with E-state index < -0.39 is 11.9 Å². The third-order valence-corrected chi connectivity index (χ3v) is 2.89. The molecule has 22 heavy (non-hydrogen) atoms. The molecule has 1 amide bonds. The minimum atomic E-state index is -0.727. The third-order valence-electron chi connectivity index (χ3n) is 2.89. The van der Waals surface area contributed by atoms with Crippen LogP contribution in [-0.4, -0.2) is 34.3 Å². The zero-order chi connectivity index (χ0) is 16.3. The van der Waals surface area contributed by atoms with E-state index in [0.717, 1.165) is 12.1 Å². The zero-order valence-corrected chi connectivity index (χ0v) is 11.5. The van der Waals surface area contributed by atoms with Crippen molar-refractivity contribution in [1.82, 2.24) is 0 Å². The van der Waals surface area contributed by atoms with Crippen molar-refractivity contribution in [3.05, 3.63) is 47.5 Å². The van der Waals surface area contributed by atoms with Crippen LogP contribution in [0.15, 0.2) is 36.4 Å². The predicted molar refractivity (Wildman–Crippen MR) is 77.2 cm³/mol. The van der Waals surface area contributed by atoms with Gasteiger partial charge in [-0.15, -0.1) is 0 Å². The molecular weight excluding hydrogens is 290 g/mol. The lowest BCUT2D eigenvalue weighted by Crippen LogP contribution is -2.12. The maximum atomic E-state index is 12.0. The average Bonchev–Trinajstić information content (AvgIpc) is 2.50. The van der Waals surface area contributed by atoms with Crippen LogP contribution in [-0.2, 0) is 4.74 Å². The quantitative estimate of drug-likeness (QED) is 0.390. The summed E-state index contributed by atoms with van der Waals surface area (Å²) in [7, 11) is 1.21. The first-order chi connectivity index (χ1) is 10.4. The molecule has 114 valence electrons. The maximum absolute atomic E-state index is 12.0. The van der Waals surface area contributed by atoms with E-state index in [2.05, 4.69) is 10.1 Å². The molecule has 2 rings (SSSR count). The third kappa shape index (κ3) is 3.09. The fraction of sp³-hybridized carbons (Fsp3) is 0.0667. The van der Waals surface area contributed by atoms with Crippen molar-refractivity contribution in [1.29, 1.82) is 0 Å². The highest BCUT2D eigenvalue weighted by molar-refractivity contribution is 6.07. The van der Waals surface area contributed by atoms with Gasteiger partial charge in [0, 0.05) is 0 Å². The standard InChI is InChI=1S/C15H13NO6/c1-22-15(21)8-2-4-11(13(19)6-8)16-14(20)10-7-9(17)3-5-12(10)18/h2-7,17-19H,1H3,(H,16,20). The topological polar surface area (TPSA) is 116 Å². The van der Waals surface area contributed by atoms with Gasteiger partial charge in [0.1, 0.15) is 17.2 Å². The van der Waals surface area contributed by atoms with Crippen LogP contribution >= 0.6 is 0 Å². The number of phenolic OH excluding ortho intramolecular Hbond substituents is 3. The number of hydrogen-bond acceptors (Lipinski definition) is 6. The van der Waals surface area contributed by atoms with Crippen molar-refractivity contribution in [3.63, 3.8) is 0 Å². The van der Waals surface area contributed by atoms with Gasteiger partial charge in [0.05, 0.1) is 23.9 Å². The number of anilines is 1. The molecule has 2 aromatic rings. The number of rotatable bonds is 3. The lowest BCUT2D eigenvalue weighted by molar-refractivity contribution is 0.0600. The van der Waals surface area contributed by atoms with Crippen molar-refractivity contribution in [3.8, 4) is 17.2 Å². The number of hydrogen-bond donors (Lipinski definition) is 4. The fourth-order valence-electron chi connectivity index (χ4n) is 1.78. The monoisotopic (exact) mass is 303 g/mol. The summed E-state index contributed by atoms with van der Waals surface area (Å²) in [4.78, 5) is 23.4. The molecule has 0 radical (unpaired) electrons. The molecule has 0 aromatic heterocycles. The highest BCUT2D eigenvalue weighted by Crippen LogP contribution is 2.27. The SMILES string of the molecule is COC(=O)c1ccc(NC(=O)c2cc(O)ccc2O)c(O)c1. The van der Waals surface area contributed by atoms with Crippen LogP contribution in [0, 0.1) is 0 Å². The van der Waals surface area contributed by atoms with Gasteiger partial charge in [-0.2, -0.15) is 0 Å². The lowest BCUT2D eigenvalue weighted by Gasteiger charge is -2.09. The molecule has 0 aliphatic heterocycles. The second kappa shape index (κ2) is 6.04. The molecule has 0 aliphatic carbocycles. The minimum Gasteiger partial charge on any atom is -0.508 e. The van der Waals surface area contributed by atoms with Gasteiger partial charge < -0.3 is 25.4 Å². The number of carbonyl (C=O) groups is 2. The Balaban J connectivity index is 2.25. The van der Waals surface area contributed by atoms with Gasteiger partial charge >= 0.3 is 5.97 Å². The van der Waals surface area contributed by atoms with Gasteiger partial charge in [-0.25, -0.2) is 4.79 Å². The molecule has 0 atom stereocenters. The van der Waals surface area contributed by atoms with E-state index in [1.165, 1.54) is 31.4 Å². The second-order valence-corrected chi connectivity index (χ2v) is 4.38. The Kier molecular flexibility index (Phi) is 4.17. The number of benzene rings is 2.